The van der Waals surface area contributed by atoms with Crippen LogP contribution in [0.5, 0.6) is 5.75 Å². The molecule has 4 heteroatoms. The maximum Gasteiger partial charge on any atom is 0.167 e. The minimum Gasteiger partial charge on any atom is -0.494 e. The molecule has 0 amide bonds. The Bertz CT molecular complexity index is 364. The molecular weight excluding hydrogens is 219 g/mol. The fourth-order valence-electron chi connectivity index (χ4n) is 2.12. The third kappa shape index (κ3) is 3.33. The summed E-state index contributed by atoms with van der Waals surface area (Å²) in [7, 11) is 1.47. The molecule has 1 unspecified atom stereocenters. The first-order valence-electron chi connectivity index (χ1n) is 6.10. The van der Waals surface area contributed by atoms with Gasteiger partial charge in [-0.15, -0.1) is 0 Å². The highest BCUT2D eigenvalue weighted by Gasteiger charge is 2.12. The van der Waals surface area contributed by atoms with Gasteiger partial charge in [0, 0.05) is 24.3 Å². The van der Waals surface area contributed by atoms with Crippen molar-refractivity contribution < 1.29 is 9.13 Å². The average molecular weight is 238 g/mol. The molecule has 3 nitrogen and oxygen atoms in total. The van der Waals surface area contributed by atoms with Gasteiger partial charge < -0.3 is 15.4 Å². The molecule has 1 aromatic rings. The smallest absolute Gasteiger partial charge is 0.167 e. The van der Waals surface area contributed by atoms with Gasteiger partial charge in [-0.25, -0.2) is 4.39 Å². The predicted octanol–water partition coefficient (Wildman–Crippen LogP) is 2.39. The number of hydrogen-bond donors (Lipinski definition) is 2. The summed E-state index contributed by atoms with van der Waals surface area (Å²) in [5.74, 6) is -0.0413. The number of methoxy groups -OCH3 is 1. The van der Waals surface area contributed by atoms with Crippen molar-refractivity contribution >= 4 is 5.69 Å². The second-order valence-electron chi connectivity index (χ2n) is 4.38. The monoisotopic (exact) mass is 238 g/mol. The molecule has 0 radical (unpaired) electrons. The standard InChI is InChI=1S/C13H19FN2O/c1-17-13-6-5-10(8-12(13)14)16-9-11-4-2-3-7-15-11/h5-6,8,11,15-16H,2-4,7,9H2,1H3. The zero-order valence-electron chi connectivity index (χ0n) is 10.1. The van der Waals surface area contributed by atoms with Crippen molar-refractivity contribution in [1.29, 1.82) is 0 Å². The van der Waals surface area contributed by atoms with Gasteiger partial charge in [0.1, 0.15) is 0 Å². The minimum atomic E-state index is -0.325. The molecule has 1 atom stereocenters. The van der Waals surface area contributed by atoms with Gasteiger partial charge in [0.05, 0.1) is 7.11 Å². The predicted molar refractivity (Wildman–Crippen MR) is 67.1 cm³/mol. The Morgan fingerprint density at radius 2 is 2.35 bits per heavy atom. The third-order valence-electron chi connectivity index (χ3n) is 3.12. The molecule has 0 aromatic heterocycles. The summed E-state index contributed by atoms with van der Waals surface area (Å²) in [5, 5.41) is 6.69. The molecule has 1 heterocycles. The van der Waals surface area contributed by atoms with Gasteiger partial charge in [-0.3, -0.25) is 0 Å². The Balaban J connectivity index is 1.87. The number of rotatable bonds is 4. The topological polar surface area (TPSA) is 33.3 Å². The third-order valence-corrected chi connectivity index (χ3v) is 3.12. The largest absolute Gasteiger partial charge is 0.494 e. The fourth-order valence-corrected chi connectivity index (χ4v) is 2.12. The summed E-state index contributed by atoms with van der Waals surface area (Å²) < 4.78 is 18.3. The zero-order chi connectivity index (χ0) is 12.1. The molecule has 17 heavy (non-hydrogen) atoms. The van der Waals surface area contributed by atoms with Crippen LogP contribution in [0.4, 0.5) is 10.1 Å². The summed E-state index contributed by atoms with van der Waals surface area (Å²) in [6.45, 7) is 1.93. The van der Waals surface area contributed by atoms with E-state index in [1.54, 1.807) is 6.07 Å². The van der Waals surface area contributed by atoms with E-state index in [9.17, 15) is 4.39 Å². The van der Waals surface area contributed by atoms with Gasteiger partial charge in [-0.05, 0) is 31.5 Å². The Morgan fingerprint density at radius 1 is 1.47 bits per heavy atom. The Hall–Kier alpha value is -1.29. The van der Waals surface area contributed by atoms with E-state index in [4.69, 9.17) is 4.74 Å². The summed E-state index contributed by atoms with van der Waals surface area (Å²) in [6, 6.07) is 5.45. The van der Waals surface area contributed by atoms with Gasteiger partial charge in [-0.2, -0.15) is 0 Å². The van der Waals surface area contributed by atoms with Crippen LogP contribution in [0, 0.1) is 5.82 Å². The van der Waals surface area contributed by atoms with Crippen LogP contribution in [-0.2, 0) is 0 Å². The van der Waals surface area contributed by atoms with Gasteiger partial charge in [0.25, 0.3) is 0 Å². The highest BCUT2D eigenvalue weighted by atomic mass is 19.1. The summed E-state index contributed by atoms with van der Waals surface area (Å²) in [5.41, 5.74) is 0.802. The number of piperidine rings is 1. The van der Waals surface area contributed by atoms with E-state index >= 15 is 0 Å². The van der Waals surface area contributed by atoms with E-state index in [-0.39, 0.29) is 11.6 Å². The lowest BCUT2D eigenvalue weighted by molar-refractivity contribution is 0.386. The van der Waals surface area contributed by atoms with Crippen molar-refractivity contribution in [1.82, 2.24) is 5.32 Å². The van der Waals surface area contributed by atoms with Gasteiger partial charge in [-0.1, -0.05) is 6.42 Å². The molecule has 2 rings (SSSR count). The highest BCUT2D eigenvalue weighted by Crippen LogP contribution is 2.20. The van der Waals surface area contributed by atoms with Crippen molar-refractivity contribution in [3.63, 3.8) is 0 Å². The first-order valence-corrected chi connectivity index (χ1v) is 6.10. The lowest BCUT2D eigenvalue weighted by Gasteiger charge is -2.24. The van der Waals surface area contributed by atoms with Gasteiger partial charge in [0.15, 0.2) is 11.6 Å². The van der Waals surface area contributed by atoms with Crippen molar-refractivity contribution in [3.8, 4) is 5.75 Å². The van der Waals surface area contributed by atoms with E-state index in [0.29, 0.717) is 6.04 Å². The molecule has 0 bridgehead atoms. The summed E-state index contributed by atoms with van der Waals surface area (Å²) in [4.78, 5) is 0. The number of halogens is 1. The lowest BCUT2D eigenvalue weighted by atomic mass is 10.1. The van der Waals surface area contributed by atoms with Crippen LogP contribution in [0.25, 0.3) is 0 Å². The summed E-state index contributed by atoms with van der Waals surface area (Å²) in [6.07, 6.45) is 3.72. The van der Waals surface area contributed by atoms with E-state index in [1.807, 2.05) is 6.07 Å². The fraction of sp³-hybridized carbons (Fsp3) is 0.538. The SMILES string of the molecule is COc1ccc(NCC2CCCCN2)cc1F. The quantitative estimate of drug-likeness (QED) is 0.845. The molecule has 0 spiro atoms. The number of nitrogens with one attached hydrogen (secondary N) is 2. The zero-order valence-corrected chi connectivity index (χ0v) is 10.1. The van der Waals surface area contributed by atoms with E-state index < -0.39 is 0 Å². The molecule has 1 aliphatic rings. The van der Waals surface area contributed by atoms with E-state index in [0.717, 1.165) is 18.8 Å². The average Bonchev–Trinajstić information content (AvgIpc) is 2.38. The molecule has 0 aliphatic carbocycles. The van der Waals surface area contributed by atoms with Gasteiger partial charge >= 0.3 is 0 Å². The Labute approximate surface area is 101 Å². The Morgan fingerprint density at radius 3 is 3.00 bits per heavy atom. The molecule has 1 aromatic carbocycles. The molecule has 94 valence electrons. The van der Waals surface area contributed by atoms with Crippen LogP contribution in [0.3, 0.4) is 0 Å². The molecule has 2 N–H and O–H groups in total. The van der Waals surface area contributed by atoms with Crippen LogP contribution < -0.4 is 15.4 Å². The van der Waals surface area contributed by atoms with Crippen molar-refractivity contribution in [3.05, 3.63) is 24.0 Å². The summed E-state index contributed by atoms with van der Waals surface area (Å²) >= 11 is 0. The van der Waals surface area contributed by atoms with Gasteiger partial charge in [0.2, 0.25) is 0 Å². The van der Waals surface area contributed by atoms with Crippen molar-refractivity contribution in [2.75, 3.05) is 25.5 Å². The molecular formula is C13H19FN2O. The highest BCUT2D eigenvalue weighted by molar-refractivity contribution is 5.47. The van der Waals surface area contributed by atoms with Crippen LogP contribution in [0.2, 0.25) is 0 Å². The number of anilines is 1. The van der Waals surface area contributed by atoms with Crippen LogP contribution >= 0.6 is 0 Å². The van der Waals surface area contributed by atoms with Crippen LogP contribution in [-0.4, -0.2) is 26.2 Å². The van der Waals surface area contributed by atoms with Crippen molar-refractivity contribution in [2.24, 2.45) is 0 Å². The van der Waals surface area contributed by atoms with E-state index in [2.05, 4.69) is 10.6 Å². The van der Waals surface area contributed by atoms with Crippen LogP contribution in [0.15, 0.2) is 18.2 Å². The molecule has 0 saturated carbocycles. The Kier molecular flexibility index (Phi) is 4.20. The van der Waals surface area contributed by atoms with Crippen LogP contribution in [0.1, 0.15) is 19.3 Å². The minimum absolute atomic E-state index is 0.284. The maximum absolute atomic E-state index is 13.4. The molecule has 1 fully saturated rings. The number of hydrogen-bond acceptors (Lipinski definition) is 3. The molecule has 1 aliphatic heterocycles. The first-order chi connectivity index (χ1) is 8.29. The second kappa shape index (κ2) is 5.87. The lowest BCUT2D eigenvalue weighted by Crippen LogP contribution is -2.39. The van der Waals surface area contributed by atoms with E-state index in [1.165, 1.54) is 32.4 Å². The molecule has 1 saturated heterocycles. The van der Waals surface area contributed by atoms with Crippen molar-refractivity contribution in [2.45, 2.75) is 25.3 Å². The normalized spacial score (nSPS) is 20.0. The maximum atomic E-state index is 13.4. The number of ether oxygens (including phenoxy) is 1. The second-order valence-corrected chi connectivity index (χ2v) is 4.38. The first kappa shape index (κ1) is 12.2. The number of benzene rings is 1.